The van der Waals surface area contributed by atoms with E-state index in [1.165, 1.54) is 11.8 Å². The van der Waals surface area contributed by atoms with E-state index in [0.29, 0.717) is 31.2 Å². The first-order valence-electron chi connectivity index (χ1n) is 10.1. The Morgan fingerprint density at radius 1 is 1.07 bits per heavy atom. The molecule has 7 heteroatoms. The average molecular weight is 384 g/mol. The molecule has 2 fully saturated rings. The zero-order chi connectivity index (χ0) is 19.3. The maximum atomic E-state index is 12.5. The highest BCUT2D eigenvalue weighted by molar-refractivity contribution is 5.92. The second-order valence-electron chi connectivity index (χ2n) is 7.71. The minimum Gasteiger partial charge on any atom is -0.447 e. The first kappa shape index (κ1) is 19.1. The number of nitrogens with zero attached hydrogens (tertiary/aromatic N) is 4. The molecular formula is C21H28N4O3. The molecule has 1 aromatic heterocycles. The van der Waals surface area contributed by atoms with Gasteiger partial charge in [0.2, 0.25) is 5.89 Å². The minimum absolute atomic E-state index is 0.151. The zero-order valence-corrected chi connectivity index (χ0v) is 16.2. The number of piperazine rings is 1. The van der Waals surface area contributed by atoms with E-state index in [1.54, 1.807) is 4.90 Å². The normalized spacial score (nSPS) is 21.8. The van der Waals surface area contributed by atoms with Crippen molar-refractivity contribution >= 4 is 5.91 Å². The highest BCUT2D eigenvalue weighted by Gasteiger charge is 2.26. The Morgan fingerprint density at radius 2 is 1.79 bits per heavy atom. The first-order valence-corrected chi connectivity index (χ1v) is 10.1. The fourth-order valence-electron chi connectivity index (χ4n) is 3.92. The molecule has 28 heavy (non-hydrogen) atoms. The lowest BCUT2D eigenvalue weighted by atomic mass is 10.1. The Labute approximate surface area is 165 Å². The number of piperidine rings is 1. The quantitative estimate of drug-likeness (QED) is 0.844. The maximum Gasteiger partial charge on any atom is 0.275 e. The summed E-state index contributed by atoms with van der Waals surface area (Å²) in [6.45, 7) is 6.57. The van der Waals surface area contributed by atoms with Crippen LogP contribution in [0.1, 0.15) is 34.8 Å². The van der Waals surface area contributed by atoms with Crippen LogP contribution in [0.2, 0.25) is 0 Å². The predicted molar refractivity (Wildman–Crippen MR) is 105 cm³/mol. The molecule has 0 spiro atoms. The van der Waals surface area contributed by atoms with Gasteiger partial charge in [0, 0.05) is 45.8 Å². The van der Waals surface area contributed by atoms with Gasteiger partial charge in [0.15, 0.2) is 5.69 Å². The number of β-amino-alcohol motifs (C(OH)–C–C–N with tert-alkyl or cyclic N) is 1. The largest absolute Gasteiger partial charge is 0.447 e. The molecule has 7 nitrogen and oxygen atoms in total. The number of carbonyl (C=O) groups excluding carboxylic acids is 1. The van der Waals surface area contributed by atoms with Crippen molar-refractivity contribution in [3.8, 4) is 0 Å². The Balaban J connectivity index is 1.26. The van der Waals surface area contributed by atoms with Crippen molar-refractivity contribution in [2.75, 3.05) is 39.3 Å². The van der Waals surface area contributed by atoms with Crippen molar-refractivity contribution in [2.45, 2.75) is 32.0 Å². The third-order valence-electron chi connectivity index (χ3n) is 5.53. The van der Waals surface area contributed by atoms with E-state index in [4.69, 9.17) is 4.42 Å². The van der Waals surface area contributed by atoms with Crippen LogP contribution in [-0.4, -0.2) is 76.1 Å². The third kappa shape index (κ3) is 4.79. The predicted octanol–water partition coefficient (Wildman–Crippen LogP) is 1.59. The summed E-state index contributed by atoms with van der Waals surface area (Å²) in [5.74, 6) is 0.429. The number of aliphatic hydroxyl groups is 1. The highest BCUT2D eigenvalue weighted by Crippen LogP contribution is 2.15. The van der Waals surface area contributed by atoms with Crippen LogP contribution in [0.4, 0.5) is 0 Å². The number of carbonyl (C=O) groups is 1. The standard InChI is InChI=1S/C21H28N4O3/c26-18-7-4-8-25(14-18)21(27)19-16-28-20(22-19)15-24-11-9-23(10-12-24)13-17-5-2-1-3-6-17/h1-3,5-6,16,18,26H,4,7-15H2. The molecule has 1 N–H and O–H groups in total. The number of benzene rings is 1. The van der Waals surface area contributed by atoms with Crippen LogP contribution < -0.4 is 0 Å². The first-order chi connectivity index (χ1) is 13.7. The molecule has 1 atom stereocenters. The number of oxazole rings is 1. The summed E-state index contributed by atoms with van der Waals surface area (Å²) in [6, 6.07) is 10.5. The van der Waals surface area contributed by atoms with Gasteiger partial charge in [-0.05, 0) is 18.4 Å². The van der Waals surface area contributed by atoms with Crippen LogP contribution in [-0.2, 0) is 13.1 Å². The van der Waals surface area contributed by atoms with E-state index in [9.17, 15) is 9.90 Å². The van der Waals surface area contributed by atoms with Gasteiger partial charge in [-0.25, -0.2) is 4.98 Å². The van der Waals surface area contributed by atoms with E-state index < -0.39 is 6.10 Å². The molecular weight excluding hydrogens is 356 g/mol. The smallest absolute Gasteiger partial charge is 0.275 e. The van der Waals surface area contributed by atoms with E-state index in [2.05, 4.69) is 39.0 Å². The van der Waals surface area contributed by atoms with Crippen molar-refractivity contribution in [1.29, 1.82) is 0 Å². The molecule has 1 amide bonds. The molecule has 0 radical (unpaired) electrons. The van der Waals surface area contributed by atoms with Gasteiger partial charge in [-0.1, -0.05) is 30.3 Å². The Bertz CT molecular complexity index is 771. The van der Waals surface area contributed by atoms with Crippen molar-refractivity contribution in [3.63, 3.8) is 0 Å². The van der Waals surface area contributed by atoms with Gasteiger partial charge in [-0.3, -0.25) is 14.6 Å². The lowest BCUT2D eigenvalue weighted by Crippen LogP contribution is -2.45. The molecule has 4 rings (SSSR count). The Hall–Kier alpha value is -2.22. The third-order valence-corrected chi connectivity index (χ3v) is 5.53. The number of likely N-dealkylation sites (tertiary alicyclic amines) is 1. The summed E-state index contributed by atoms with van der Waals surface area (Å²) in [5.41, 5.74) is 1.68. The molecule has 3 heterocycles. The molecule has 0 saturated carbocycles. The van der Waals surface area contributed by atoms with Crippen LogP contribution in [0.15, 0.2) is 41.0 Å². The second-order valence-corrected chi connectivity index (χ2v) is 7.71. The highest BCUT2D eigenvalue weighted by atomic mass is 16.3. The van der Waals surface area contributed by atoms with Crippen LogP contribution in [0.25, 0.3) is 0 Å². The molecule has 1 aromatic carbocycles. The number of hydrogen-bond donors (Lipinski definition) is 1. The molecule has 2 saturated heterocycles. The SMILES string of the molecule is O=C(c1coc(CN2CCN(Cc3ccccc3)CC2)n1)N1CCCC(O)C1. The monoisotopic (exact) mass is 384 g/mol. The molecule has 2 aliphatic heterocycles. The fourth-order valence-corrected chi connectivity index (χ4v) is 3.92. The minimum atomic E-state index is -0.434. The fraction of sp³-hybridized carbons (Fsp3) is 0.524. The van der Waals surface area contributed by atoms with E-state index in [-0.39, 0.29) is 5.91 Å². The number of hydrogen-bond acceptors (Lipinski definition) is 6. The van der Waals surface area contributed by atoms with Crippen molar-refractivity contribution in [3.05, 3.63) is 53.7 Å². The molecule has 150 valence electrons. The number of rotatable bonds is 5. The van der Waals surface area contributed by atoms with Gasteiger partial charge in [0.1, 0.15) is 6.26 Å². The summed E-state index contributed by atoms with van der Waals surface area (Å²) >= 11 is 0. The lowest BCUT2D eigenvalue weighted by molar-refractivity contribution is 0.0469. The van der Waals surface area contributed by atoms with Crippen molar-refractivity contribution < 1.29 is 14.3 Å². The number of aliphatic hydroxyl groups excluding tert-OH is 1. The van der Waals surface area contributed by atoms with Gasteiger partial charge in [-0.15, -0.1) is 0 Å². The summed E-state index contributed by atoms with van der Waals surface area (Å²) in [6.07, 6.45) is 2.59. The van der Waals surface area contributed by atoms with E-state index >= 15 is 0 Å². The van der Waals surface area contributed by atoms with Crippen molar-refractivity contribution in [1.82, 2.24) is 19.7 Å². The van der Waals surface area contributed by atoms with Crippen LogP contribution in [0.3, 0.4) is 0 Å². The second kappa shape index (κ2) is 8.86. The summed E-state index contributed by atoms with van der Waals surface area (Å²) in [5, 5.41) is 9.76. The molecule has 0 bridgehead atoms. The van der Waals surface area contributed by atoms with Gasteiger partial charge < -0.3 is 14.4 Å². The van der Waals surface area contributed by atoms with E-state index in [1.807, 2.05) is 6.07 Å². The topological polar surface area (TPSA) is 73.1 Å². The summed E-state index contributed by atoms with van der Waals surface area (Å²) < 4.78 is 5.55. The summed E-state index contributed by atoms with van der Waals surface area (Å²) in [7, 11) is 0. The number of amides is 1. The van der Waals surface area contributed by atoms with Gasteiger partial charge >= 0.3 is 0 Å². The molecule has 2 aliphatic rings. The Kier molecular flexibility index (Phi) is 6.04. The zero-order valence-electron chi connectivity index (χ0n) is 16.2. The maximum absolute atomic E-state index is 12.5. The van der Waals surface area contributed by atoms with Crippen LogP contribution in [0, 0.1) is 0 Å². The van der Waals surface area contributed by atoms with Gasteiger partial charge in [-0.2, -0.15) is 0 Å². The van der Waals surface area contributed by atoms with Gasteiger partial charge in [0.25, 0.3) is 5.91 Å². The molecule has 0 aliphatic carbocycles. The number of aromatic nitrogens is 1. The van der Waals surface area contributed by atoms with Crippen LogP contribution >= 0.6 is 0 Å². The average Bonchev–Trinajstić information content (AvgIpc) is 3.18. The Morgan fingerprint density at radius 3 is 2.50 bits per heavy atom. The summed E-state index contributed by atoms with van der Waals surface area (Å²) in [4.78, 5) is 23.4. The van der Waals surface area contributed by atoms with Gasteiger partial charge in [0.05, 0.1) is 12.6 Å². The lowest BCUT2D eigenvalue weighted by Gasteiger charge is -2.34. The van der Waals surface area contributed by atoms with Crippen molar-refractivity contribution in [2.24, 2.45) is 0 Å². The van der Waals surface area contributed by atoms with Crippen LogP contribution in [0.5, 0.6) is 0 Å². The molecule has 2 aromatic rings. The molecule has 1 unspecified atom stereocenters. The van der Waals surface area contributed by atoms with E-state index in [0.717, 1.165) is 45.6 Å².